The standard InChI is InChI=1S/C31H26N4OS/c1-19-14-23(30-32-18-33-31(34-30)37-4)15-20(2)29(19)35-27-12-10-22(21-8-6-5-7-9-21)16-25(27)26-17-24(36-3)11-13-28(26)35/h5-18H,1-4H3. The summed E-state index contributed by atoms with van der Waals surface area (Å²) in [6.45, 7) is 4.31. The molecule has 0 fully saturated rings. The van der Waals surface area contributed by atoms with Gasteiger partial charge in [-0.25, -0.2) is 15.0 Å². The van der Waals surface area contributed by atoms with Crippen molar-refractivity contribution in [2.75, 3.05) is 13.4 Å². The van der Waals surface area contributed by atoms with Crippen LogP contribution in [0.25, 0.3) is 50.0 Å². The van der Waals surface area contributed by atoms with Crippen molar-refractivity contribution >= 4 is 33.6 Å². The van der Waals surface area contributed by atoms with E-state index in [1.807, 2.05) is 18.4 Å². The van der Waals surface area contributed by atoms with Crippen molar-refractivity contribution in [2.24, 2.45) is 0 Å². The maximum absolute atomic E-state index is 5.60. The van der Waals surface area contributed by atoms with Gasteiger partial charge in [-0.2, -0.15) is 0 Å². The first-order chi connectivity index (χ1) is 18.1. The maximum Gasteiger partial charge on any atom is 0.190 e. The van der Waals surface area contributed by atoms with Crippen molar-refractivity contribution in [3.63, 3.8) is 0 Å². The van der Waals surface area contributed by atoms with Crippen LogP contribution in [0.1, 0.15) is 11.1 Å². The average Bonchev–Trinajstić information content (AvgIpc) is 3.25. The molecule has 0 spiro atoms. The molecule has 0 saturated heterocycles. The van der Waals surface area contributed by atoms with Gasteiger partial charge >= 0.3 is 0 Å². The van der Waals surface area contributed by atoms with Crippen LogP contribution in [-0.4, -0.2) is 32.9 Å². The summed E-state index contributed by atoms with van der Waals surface area (Å²) in [5.41, 5.74) is 9.16. The van der Waals surface area contributed by atoms with Crippen molar-refractivity contribution in [1.82, 2.24) is 19.5 Å². The molecule has 4 aromatic carbocycles. The number of nitrogens with zero attached hydrogens (tertiary/aromatic N) is 4. The molecule has 0 atom stereocenters. The van der Waals surface area contributed by atoms with Gasteiger partial charge in [-0.15, -0.1) is 0 Å². The highest BCUT2D eigenvalue weighted by atomic mass is 32.2. The van der Waals surface area contributed by atoms with E-state index in [4.69, 9.17) is 4.74 Å². The van der Waals surface area contributed by atoms with Gasteiger partial charge in [-0.1, -0.05) is 48.2 Å². The van der Waals surface area contributed by atoms with Crippen LogP contribution >= 0.6 is 11.8 Å². The van der Waals surface area contributed by atoms with Gasteiger partial charge in [-0.3, -0.25) is 0 Å². The van der Waals surface area contributed by atoms with Crippen LogP contribution in [0.5, 0.6) is 5.75 Å². The second kappa shape index (κ2) is 9.37. The molecule has 0 aliphatic rings. The van der Waals surface area contributed by atoms with E-state index < -0.39 is 0 Å². The lowest BCUT2D eigenvalue weighted by Gasteiger charge is -2.16. The smallest absolute Gasteiger partial charge is 0.190 e. The third kappa shape index (κ3) is 4.03. The van der Waals surface area contributed by atoms with Crippen molar-refractivity contribution in [1.29, 1.82) is 0 Å². The molecule has 6 aromatic rings. The molecule has 0 amide bonds. The highest BCUT2D eigenvalue weighted by Gasteiger charge is 2.18. The van der Waals surface area contributed by atoms with Crippen LogP contribution < -0.4 is 4.74 Å². The zero-order valence-electron chi connectivity index (χ0n) is 21.2. The largest absolute Gasteiger partial charge is 0.497 e. The molecule has 2 aromatic heterocycles. The molecule has 0 aliphatic heterocycles. The van der Waals surface area contributed by atoms with E-state index in [1.54, 1.807) is 13.4 Å². The topological polar surface area (TPSA) is 52.8 Å². The predicted molar refractivity (Wildman–Crippen MR) is 153 cm³/mol. The van der Waals surface area contributed by atoms with Crippen molar-refractivity contribution in [2.45, 2.75) is 19.0 Å². The lowest BCUT2D eigenvalue weighted by molar-refractivity contribution is 0.415. The Kier molecular flexibility index (Phi) is 5.89. The zero-order valence-corrected chi connectivity index (χ0v) is 22.0. The van der Waals surface area contributed by atoms with E-state index in [-0.39, 0.29) is 0 Å². The van der Waals surface area contributed by atoms with Crippen molar-refractivity contribution in [3.05, 3.63) is 96.3 Å². The lowest BCUT2D eigenvalue weighted by atomic mass is 10.0. The Morgan fingerprint density at radius 2 is 1.43 bits per heavy atom. The molecule has 0 aliphatic carbocycles. The third-order valence-corrected chi connectivity index (χ3v) is 7.35. The molecular formula is C31H26N4OS. The van der Waals surface area contributed by atoms with Gasteiger partial charge in [0, 0.05) is 16.3 Å². The highest BCUT2D eigenvalue weighted by molar-refractivity contribution is 7.98. The van der Waals surface area contributed by atoms with Gasteiger partial charge in [0.1, 0.15) is 12.1 Å². The Bertz CT molecular complexity index is 1750. The number of fused-ring (bicyclic) bond motifs is 3. The lowest BCUT2D eigenvalue weighted by Crippen LogP contribution is -2.02. The minimum atomic E-state index is 0.691. The highest BCUT2D eigenvalue weighted by Crippen LogP contribution is 2.38. The summed E-state index contributed by atoms with van der Waals surface area (Å²) in [5, 5.41) is 3.08. The summed E-state index contributed by atoms with van der Waals surface area (Å²) in [5.74, 6) is 1.54. The third-order valence-electron chi connectivity index (χ3n) is 6.78. The number of benzene rings is 4. The number of hydrogen-bond donors (Lipinski definition) is 0. The van der Waals surface area contributed by atoms with Crippen LogP contribution in [0.3, 0.4) is 0 Å². The quantitative estimate of drug-likeness (QED) is 0.227. The molecule has 6 heteroatoms. The van der Waals surface area contributed by atoms with Gasteiger partial charge < -0.3 is 9.30 Å². The molecule has 5 nitrogen and oxygen atoms in total. The van der Waals surface area contributed by atoms with Crippen LogP contribution in [0, 0.1) is 13.8 Å². The summed E-state index contributed by atoms with van der Waals surface area (Å²) in [7, 11) is 1.71. The molecule has 0 bridgehead atoms. The fourth-order valence-corrected chi connectivity index (χ4v) is 5.47. The van der Waals surface area contributed by atoms with Crippen molar-refractivity contribution < 1.29 is 4.74 Å². The number of thioether (sulfide) groups is 1. The van der Waals surface area contributed by atoms with Crippen LogP contribution in [-0.2, 0) is 0 Å². The first kappa shape index (κ1) is 23.3. The first-order valence-corrected chi connectivity index (χ1v) is 13.3. The fraction of sp³-hybridized carbons (Fsp3) is 0.129. The van der Waals surface area contributed by atoms with Gasteiger partial charge in [0.25, 0.3) is 0 Å². The summed E-state index contributed by atoms with van der Waals surface area (Å²) in [4.78, 5) is 13.3. The molecule has 0 saturated carbocycles. The van der Waals surface area contributed by atoms with Crippen LogP contribution in [0.15, 0.2) is 90.3 Å². The number of hydrogen-bond acceptors (Lipinski definition) is 5. The fourth-order valence-electron chi connectivity index (χ4n) is 5.14. The SMILES string of the molecule is COc1ccc2c(c1)c1cc(-c3ccccc3)ccc1n2-c1c(C)cc(-c2ncnc(SC)n2)cc1C. The Morgan fingerprint density at radius 1 is 0.730 bits per heavy atom. The van der Waals surface area contributed by atoms with E-state index in [1.165, 1.54) is 34.0 Å². The second-order valence-corrected chi connectivity index (χ2v) is 9.84. The number of methoxy groups -OCH3 is 1. The van der Waals surface area contributed by atoms with Crippen molar-refractivity contribution in [3.8, 4) is 34.0 Å². The molecule has 2 heterocycles. The first-order valence-electron chi connectivity index (χ1n) is 12.1. The van der Waals surface area contributed by atoms with E-state index in [0.717, 1.165) is 44.0 Å². The Morgan fingerprint density at radius 3 is 2.14 bits per heavy atom. The van der Waals surface area contributed by atoms with E-state index in [9.17, 15) is 0 Å². The van der Waals surface area contributed by atoms with Crippen LogP contribution in [0.2, 0.25) is 0 Å². The van der Waals surface area contributed by atoms with Gasteiger partial charge in [0.05, 0.1) is 23.8 Å². The molecule has 6 rings (SSSR count). The predicted octanol–water partition coefficient (Wildman–Crippen LogP) is 7.65. The number of aromatic nitrogens is 4. The number of ether oxygens (including phenoxy) is 1. The van der Waals surface area contributed by atoms with Gasteiger partial charge in [-0.05, 0) is 84.8 Å². The molecule has 0 unspecified atom stereocenters. The summed E-state index contributed by atoms with van der Waals surface area (Å²) >= 11 is 1.52. The summed E-state index contributed by atoms with van der Waals surface area (Å²) < 4.78 is 7.97. The average molecular weight is 503 g/mol. The molecular weight excluding hydrogens is 476 g/mol. The summed E-state index contributed by atoms with van der Waals surface area (Å²) in [6, 6.07) is 27.9. The second-order valence-electron chi connectivity index (χ2n) is 9.07. The zero-order chi connectivity index (χ0) is 25.5. The van der Waals surface area contributed by atoms with E-state index in [2.05, 4.69) is 100 Å². The Labute approximate surface area is 220 Å². The molecule has 182 valence electrons. The van der Waals surface area contributed by atoms with E-state index in [0.29, 0.717) is 5.82 Å². The normalized spacial score (nSPS) is 11.4. The summed E-state index contributed by atoms with van der Waals surface area (Å²) in [6.07, 6.45) is 3.55. The van der Waals surface area contributed by atoms with Crippen LogP contribution in [0.4, 0.5) is 0 Å². The van der Waals surface area contributed by atoms with Gasteiger partial charge in [0.2, 0.25) is 0 Å². The molecule has 0 N–H and O–H groups in total. The van der Waals surface area contributed by atoms with Gasteiger partial charge in [0.15, 0.2) is 11.0 Å². The molecule has 0 radical (unpaired) electrons. The number of rotatable bonds is 5. The molecule has 37 heavy (non-hydrogen) atoms. The maximum atomic E-state index is 5.60. The van der Waals surface area contributed by atoms with E-state index >= 15 is 0 Å². The Hall–Kier alpha value is -4.16. The minimum absolute atomic E-state index is 0.691. The minimum Gasteiger partial charge on any atom is -0.497 e. The number of aryl methyl sites for hydroxylation is 2. The Balaban J connectivity index is 1.60. The monoisotopic (exact) mass is 502 g/mol.